The molecule has 2 aromatic rings. The number of aromatic nitrogens is 1. The van der Waals surface area contributed by atoms with E-state index in [9.17, 15) is 9.18 Å². The van der Waals surface area contributed by atoms with E-state index in [0.717, 1.165) is 53.4 Å². The molecule has 4 nitrogen and oxygen atoms in total. The number of nitrogens with one attached hydrogen (secondary N) is 2. The molecular formula is C18H23ClFN3OS. The van der Waals surface area contributed by atoms with Gasteiger partial charge in [0.25, 0.3) is 0 Å². The van der Waals surface area contributed by atoms with Crippen LogP contribution in [-0.2, 0) is 11.2 Å². The summed E-state index contributed by atoms with van der Waals surface area (Å²) in [5.41, 5.74) is 2.00. The molecule has 0 fully saturated rings. The number of hydrogen-bond donors (Lipinski definition) is 2. The topological polar surface area (TPSA) is 54.0 Å². The number of thiazole rings is 1. The minimum atomic E-state index is -0.244. The Hall–Kier alpha value is -1.50. The summed E-state index contributed by atoms with van der Waals surface area (Å²) in [6, 6.07) is 6.48. The van der Waals surface area contributed by atoms with Crippen LogP contribution in [-0.4, -0.2) is 24.5 Å². The minimum Gasteiger partial charge on any atom is -0.348 e. The van der Waals surface area contributed by atoms with Gasteiger partial charge < -0.3 is 10.6 Å². The fourth-order valence-corrected chi connectivity index (χ4v) is 4.17. The zero-order valence-corrected chi connectivity index (χ0v) is 15.8. The van der Waals surface area contributed by atoms with Crippen molar-refractivity contribution in [1.29, 1.82) is 0 Å². The maximum atomic E-state index is 13.1. The first-order valence-electron chi connectivity index (χ1n) is 8.37. The van der Waals surface area contributed by atoms with Gasteiger partial charge in [-0.15, -0.1) is 23.7 Å². The second-order valence-corrected chi connectivity index (χ2v) is 7.09. The third-order valence-corrected chi connectivity index (χ3v) is 5.47. The Bertz CT molecular complexity index is 705. The highest BCUT2D eigenvalue weighted by Gasteiger charge is 2.26. The van der Waals surface area contributed by atoms with Crippen LogP contribution in [0.15, 0.2) is 24.3 Å². The highest BCUT2D eigenvalue weighted by Crippen LogP contribution is 2.38. The molecule has 136 valence electrons. The van der Waals surface area contributed by atoms with Gasteiger partial charge >= 0.3 is 0 Å². The molecule has 0 spiro atoms. The average Bonchev–Trinajstić information content (AvgIpc) is 3.01. The lowest BCUT2D eigenvalue weighted by atomic mass is 9.98. The first-order valence-corrected chi connectivity index (χ1v) is 9.18. The van der Waals surface area contributed by atoms with Crippen molar-refractivity contribution >= 4 is 29.7 Å². The summed E-state index contributed by atoms with van der Waals surface area (Å²) in [6.45, 7) is 0.846. The molecule has 1 aromatic carbocycles. The second kappa shape index (κ2) is 9.27. The van der Waals surface area contributed by atoms with E-state index in [1.807, 2.05) is 7.05 Å². The fourth-order valence-electron chi connectivity index (χ4n) is 2.97. The third kappa shape index (κ3) is 5.00. The van der Waals surface area contributed by atoms with Crippen LogP contribution >= 0.6 is 23.7 Å². The van der Waals surface area contributed by atoms with Crippen LogP contribution in [0.2, 0.25) is 0 Å². The summed E-state index contributed by atoms with van der Waals surface area (Å²) in [5, 5.41) is 7.10. The molecule has 0 aliphatic heterocycles. The average molecular weight is 384 g/mol. The van der Waals surface area contributed by atoms with E-state index in [4.69, 9.17) is 4.98 Å². The Balaban J connectivity index is 0.00000225. The van der Waals surface area contributed by atoms with E-state index < -0.39 is 0 Å². The molecule has 2 N–H and O–H groups in total. The smallest absolute Gasteiger partial charge is 0.220 e. The minimum absolute atomic E-state index is 0. The lowest BCUT2D eigenvalue weighted by Crippen LogP contribution is -2.30. The van der Waals surface area contributed by atoms with E-state index in [2.05, 4.69) is 10.6 Å². The predicted octanol–water partition coefficient (Wildman–Crippen LogP) is 3.86. The van der Waals surface area contributed by atoms with E-state index in [-0.39, 0.29) is 30.2 Å². The van der Waals surface area contributed by atoms with Crippen LogP contribution in [0, 0.1) is 5.82 Å². The summed E-state index contributed by atoms with van der Waals surface area (Å²) in [4.78, 5) is 18.0. The van der Waals surface area contributed by atoms with E-state index in [0.29, 0.717) is 6.42 Å². The number of benzene rings is 1. The number of aryl methyl sites for hydroxylation is 1. The van der Waals surface area contributed by atoms with E-state index in [1.165, 1.54) is 12.1 Å². The number of amides is 1. The first-order chi connectivity index (χ1) is 11.7. The zero-order valence-electron chi connectivity index (χ0n) is 14.2. The van der Waals surface area contributed by atoms with Crippen molar-refractivity contribution in [2.45, 2.75) is 38.1 Å². The van der Waals surface area contributed by atoms with Crippen molar-refractivity contribution in [3.8, 4) is 10.6 Å². The van der Waals surface area contributed by atoms with Crippen LogP contribution in [0.1, 0.15) is 42.3 Å². The zero-order chi connectivity index (χ0) is 16.9. The SMILES string of the molecule is CNCCCC(=O)NC1CCCc2nc(-c3ccc(F)cc3)sc21.Cl. The molecule has 7 heteroatoms. The third-order valence-electron chi connectivity index (χ3n) is 4.21. The van der Waals surface area contributed by atoms with Gasteiger partial charge in [-0.3, -0.25) is 4.79 Å². The number of rotatable bonds is 6. The Morgan fingerprint density at radius 1 is 1.36 bits per heavy atom. The van der Waals surface area contributed by atoms with Crippen molar-refractivity contribution in [3.05, 3.63) is 40.7 Å². The van der Waals surface area contributed by atoms with Gasteiger partial charge in [-0.05, 0) is 63.5 Å². The van der Waals surface area contributed by atoms with Crippen LogP contribution in [0.5, 0.6) is 0 Å². The lowest BCUT2D eigenvalue weighted by molar-refractivity contribution is -0.122. The maximum Gasteiger partial charge on any atom is 0.220 e. The molecule has 0 saturated carbocycles. The molecule has 0 radical (unpaired) electrons. The molecule has 3 rings (SSSR count). The van der Waals surface area contributed by atoms with Gasteiger partial charge in [-0.1, -0.05) is 0 Å². The summed E-state index contributed by atoms with van der Waals surface area (Å²) in [5.74, 6) is -0.147. The normalized spacial score (nSPS) is 16.0. The molecular weight excluding hydrogens is 361 g/mol. The molecule has 0 saturated heterocycles. The van der Waals surface area contributed by atoms with Gasteiger partial charge in [0.2, 0.25) is 5.91 Å². The number of fused-ring (bicyclic) bond motifs is 1. The van der Waals surface area contributed by atoms with Crippen LogP contribution in [0.25, 0.3) is 10.6 Å². The van der Waals surface area contributed by atoms with Crippen molar-refractivity contribution < 1.29 is 9.18 Å². The van der Waals surface area contributed by atoms with Gasteiger partial charge in [-0.2, -0.15) is 0 Å². The van der Waals surface area contributed by atoms with Crippen molar-refractivity contribution in [1.82, 2.24) is 15.6 Å². The fraction of sp³-hybridized carbons (Fsp3) is 0.444. The first kappa shape index (κ1) is 19.8. The van der Waals surface area contributed by atoms with Crippen molar-refractivity contribution in [2.24, 2.45) is 0 Å². The molecule has 1 aromatic heterocycles. The molecule has 1 aliphatic carbocycles. The Labute approximate surface area is 157 Å². The number of carbonyl (C=O) groups excluding carboxylic acids is 1. The molecule has 0 bridgehead atoms. The lowest BCUT2D eigenvalue weighted by Gasteiger charge is -2.22. The van der Waals surface area contributed by atoms with Crippen LogP contribution in [0.4, 0.5) is 4.39 Å². The van der Waals surface area contributed by atoms with E-state index in [1.54, 1.807) is 23.5 Å². The quantitative estimate of drug-likeness (QED) is 0.744. The van der Waals surface area contributed by atoms with Crippen molar-refractivity contribution in [2.75, 3.05) is 13.6 Å². The molecule has 1 heterocycles. The number of hydrogen-bond acceptors (Lipinski definition) is 4. The largest absolute Gasteiger partial charge is 0.348 e. The Kier molecular flexibility index (Phi) is 7.35. The molecule has 1 unspecified atom stereocenters. The second-order valence-electron chi connectivity index (χ2n) is 6.06. The summed E-state index contributed by atoms with van der Waals surface area (Å²) >= 11 is 1.61. The monoisotopic (exact) mass is 383 g/mol. The summed E-state index contributed by atoms with van der Waals surface area (Å²) in [7, 11) is 1.89. The van der Waals surface area contributed by atoms with Gasteiger partial charge in [0.15, 0.2) is 0 Å². The van der Waals surface area contributed by atoms with Gasteiger partial charge in [0.1, 0.15) is 10.8 Å². The van der Waals surface area contributed by atoms with Gasteiger partial charge in [-0.25, -0.2) is 9.37 Å². The maximum absolute atomic E-state index is 13.1. The standard InChI is InChI=1S/C18H22FN3OS.ClH/c1-20-11-3-6-16(23)21-14-4-2-5-15-17(14)24-18(22-15)12-7-9-13(19)10-8-12;/h7-10,14,20H,2-6,11H2,1H3,(H,21,23);1H. The number of halogens is 2. The predicted molar refractivity (Wildman–Crippen MR) is 102 cm³/mol. The number of carbonyl (C=O) groups is 1. The van der Waals surface area contributed by atoms with Gasteiger partial charge in [0, 0.05) is 12.0 Å². The van der Waals surface area contributed by atoms with E-state index >= 15 is 0 Å². The van der Waals surface area contributed by atoms with Crippen molar-refractivity contribution in [3.63, 3.8) is 0 Å². The van der Waals surface area contributed by atoms with Crippen LogP contribution < -0.4 is 10.6 Å². The van der Waals surface area contributed by atoms with Gasteiger partial charge in [0.05, 0.1) is 16.6 Å². The van der Waals surface area contributed by atoms with Crippen LogP contribution in [0.3, 0.4) is 0 Å². The highest BCUT2D eigenvalue weighted by molar-refractivity contribution is 7.15. The molecule has 1 aliphatic rings. The Morgan fingerprint density at radius 3 is 2.84 bits per heavy atom. The Morgan fingerprint density at radius 2 is 2.12 bits per heavy atom. The molecule has 25 heavy (non-hydrogen) atoms. The summed E-state index contributed by atoms with van der Waals surface area (Å²) in [6.07, 6.45) is 4.30. The number of nitrogens with zero attached hydrogens (tertiary/aromatic N) is 1. The highest BCUT2D eigenvalue weighted by atomic mass is 35.5. The summed E-state index contributed by atoms with van der Waals surface area (Å²) < 4.78 is 13.1. The molecule has 1 atom stereocenters. The molecule has 1 amide bonds.